The van der Waals surface area contributed by atoms with Crippen molar-refractivity contribution in [1.29, 1.82) is 0 Å². The Morgan fingerprint density at radius 2 is 1.20 bits per heavy atom. The number of sulfonamides is 2. The number of alkyl halides is 3. The summed E-state index contributed by atoms with van der Waals surface area (Å²) in [6.07, 6.45) is -4.04. The standard InChI is InChI=1S/C26H20F3N2O6S3/c1-38(32,33)25-15-18(21-7-2-3-8-24(21)40(31,36)37)10-12-22(25)17-9-11-20(23(14-17)26(27,28)29)16-5-4-6-19(13-16)39(30,34)35/h2-5,7-15H,1H3,(H2,30,34,35)(H2,31,36,37). The summed E-state index contributed by atoms with van der Waals surface area (Å²) in [6, 6.07) is 18.2. The molecule has 0 fully saturated rings. The van der Waals surface area contributed by atoms with Gasteiger partial charge < -0.3 is 0 Å². The third-order valence-electron chi connectivity index (χ3n) is 5.91. The maximum atomic E-state index is 14.2. The van der Waals surface area contributed by atoms with E-state index in [1.54, 1.807) is 0 Å². The summed E-state index contributed by atoms with van der Waals surface area (Å²) in [5.74, 6) is 0. The van der Waals surface area contributed by atoms with Gasteiger partial charge in [-0.1, -0.05) is 54.6 Å². The molecule has 0 saturated carbocycles. The van der Waals surface area contributed by atoms with Gasteiger partial charge in [0.1, 0.15) is 0 Å². The number of sulfone groups is 1. The SMILES string of the molecule is CS(=O)(=O)c1cc(-c2ccccc2S(N)(=O)=O)ccc1-c1ccc(-c2cc[c]c(S(N)(=O)=O)c2)c(C(F)(F)F)c1. The Labute approximate surface area is 229 Å². The molecule has 1 radical (unpaired) electrons. The molecule has 0 amide bonds. The molecular weight excluding hydrogens is 589 g/mol. The molecule has 0 saturated heterocycles. The van der Waals surface area contributed by atoms with Crippen molar-refractivity contribution >= 4 is 29.9 Å². The van der Waals surface area contributed by atoms with Crippen molar-refractivity contribution in [3.63, 3.8) is 0 Å². The van der Waals surface area contributed by atoms with Crippen LogP contribution < -0.4 is 10.3 Å². The summed E-state index contributed by atoms with van der Waals surface area (Å²) in [7, 11) is -12.5. The van der Waals surface area contributed by atoms with Crippen LogP contribution in [0.1, 0.15) is 5.56 Å². The molecule has 4 aromatic carbocycles. The Kier molecular flexibility index (Phi) is 7.45. The van der Waals surface area contributed by atoms with Gasteiger partial charge in [0.05, 0.1) is 20.2 Å². The zero-order chi connectivity index (χ0) is 29.7. The predicted molar refractivity (Wildman–Crippen MR) is 142 cm³/mol. The highest BCUT2D eigenvalue weighted by atomic mass is 32.2. The quantitative estimate of drug-likeness (QED) is 0.334. The lowest BCUT2D eigenvalue weighted by molar-refractivity contribution is -0.137. The van der Waals surface area contributed by atoms with Gasteiger partial charge in [-0.15, -0.1) is 0 Å². The number of rotatable bonds is 6. The summed E-state index contributed by atoms with van der Waals surface area (Å²) in [5, 5.41) is 10.4. The molecule has 8 nitrogen and oxygen atoms in total. The molecule has 14 heteroatoms. The van der Waals surface area contributed by atoms with E-state index in [2.05, 4.69) is 6.07 Å². The van der Waals surface area contributed by atoms with Crippen molar-refractivity contribution in [2.45, 2.75) is 20.9 Å². The summed E-state index contributed by atoms with van der Waals surface area (Å²) in [6.45, 7) is 0. The van der Waals surface area contributed by atoms with E-state index in [9.17, 15) is 38.4 Å². The minimum atomic E-state index is -4.91. The number of nitrogens with two attached hydrogens (primary N) is 2. The Morgan fingerprint density at radius 3 is 1.77 bits per heavy atom. The fourth-order valence-electron chi connectivity index (χ4n) is 4.16. The molecule has 0 aliphatic heterocycles. The molecule has 0 unspecified atom stereocenters. The van der Waals surface area contributed by atoms with E-state index in [1.165, 1.54) is 54.6 Å². The summed E-state index contributed by atoms with van der Waals surface area (Å²) in [5.41, 5.74) is -1.51. The van der Waals surface area contributed by atoms with E-state index in [1.807, 2.05) is 0 Å². The van der Waals surface area contributed by atoms with Crippen LogP contribution >= 0.6 is 0 Å². The molecule has 4 aromatic rings. The normalized spacial score (nSPS) is 12.8. The van der Waals surface area contributed by atoms with E-state index < -0.39 is 46.5 Å². The fraction of sp³-hybridized carbons (Fsp3) is 0.0769. The third kappa shape index (κ3) is 6.10. The van der Waals surface area contributed by atoms with E-state index in [0.29, 0.717) is 0 Å². The van der Waals surface area contributed by atoms with Crippen molar-refractivity contribution in [2.24, 2.45) is 10.3 Å². The van der Waals surface area contributed by atoms with Crippen LogP contribution in [0.3, 0.4) is 0 Å². The predicted octanol–water partition coefficient (Wildman–Crippen LogP) is 4.20. The van der Waals surface area contributed by atoms with Crippen LogP contribution in [0, 0.1) is 6.07 Å². The van der Waals surface area contributed by atoms with Gasteiger partial charge in [0.15, 0.2) is 9.84 Å². The number of benzene rings is 4. The molecule has 209 valence electrons. The molecule has 40 heavy (non-hydrogen) atoms. The molecular formula is C26H20F3N2O6S3. The van der Waals surface area contributed by atoms with E-state index >= 15 is 0 Å². The molecule has 4 N–H and O–H groups in total. The maximum absolute atomic E-state index is 14.2. The van der Waals surface area contributed by atoms with Crippen molar-refractivity contribution < 1.29 is 38.4 Å². The highest BCUT2D eigenvalue weighted by Crippen LogP contribution is 2.41. The zero-order valence-electron chi connectivity index (χ0n) is 20.5. The van der Waals surface area contributed by atoms with E-state index in [4.69, 9.17) is 10.3 Å². The monoisotopic (exact) mass is 609 g/mol. The molecule has 0 bridgehead atoms. The maximum Gasteiger partial charge on any atom is 0.417 e. The molecule has 0 spiro atoms. The first kappa shape index (κ1) is 29.4. The molecule has 4 rings (SSSR count). The summed E-state index contributed by atoms with van der Waals surface area (Å²) < 4.78 is 116. The van der Waals surface area contributed by atoms with Gasteiger partial charge in [-0.2, -0.15) is 13.2 Å². The molecule has 0 aliphatic carbocycles. The highest BCUT2D eigenvalue weighted by molar-refractivity contribution is 7.91. The number of hydrogen-bond acceptors (Lipinski definition) is 6. The minimum absolute atomic E-state index is 0.0667. The first-order valence-electron chi connectivity index (χ1n) is 11.1. The van der Waals surface area contributed by atoms with Gasteiger partial charge in [0.25, 0.3) is 0 Å². The van der Waals surface area contributed by atoms with Crippen LogP contribution in [0.5, 0.6) is 0 Å². The van der Waals surface area contributed by atoms with Crippen LogP contribution in [-0.2, 0) is 36.1 Å². The Hall–Kier alpha value is -3.56. The van der Waals surface area contributed by atoms with E-state index in [0.717, 1.165) is 30.5 Å². The number of primary sulfonamides is 2. The lowest BCUT2D eigenvalue weighted by Gasteiger charge is -2.17. The van der Waals surface area contributed by atoms with Crippen molar-refractivity contribution in [2.75, 3.05) is 6.26 Å². The highest BCUT2D eigenvalue weighted by Gasteiger charge is 2.34. The third-order valence-corrected chi connectivity index (χ3v) is 8.87. The second-order valence-corrected chi connectivity index (χ2v) is 13.8. The Morgan fingerprint density at radius 1 is 0.650 bits per heavy atom. The lowest BCUT2D eigenvalue weighted by Crippen LogP contribution is -2.13. The smallest absolute Gasteiger partial charge is 0.225 e. The molecule has 0 heterocycles. The van der Waals surface area contributed by atoms with Crippen LogP contribution in [-0.4, -0.2) is 31.5 Å². The van der Waals surface area contributed by atoms with Gasteiger partial charge in [0, 0.05) is 23.4 Å². The minimum Gasteiger partial charge on any atom is -0.225 e. The first-order valence-corrected chi connectivity index (χ1v) is 16.1. The van der Waals surface area contributed by atoms with Gasteiger partial charge >= 0.3 is 6.18 Å². The van der Waals surface area contributed by atoms with Gasteiger partial charge in [-0.3, -0.25) is 0 Å². The number of hydrogen-bond donors (Lipinski definition) is 2. The molecule has 0 atom stereocenters. The van der Waals surface area contributed by atoms with Crippen LogP contribution in [0.15, 0.2) is 93.5 Å². The zero-order valence-corrected chi connectivity index (χ0v) is 22.9. The van der Waals surface area contributed by atoms with Crippen molar-refractivity contribution in [3.05, 3.63) is 90.5 Å². The largest absolute Gasteiger partial charge is 0.417 e. The summed E-state index contributed by atoms with van der Waals surface area (Å²) >= 11 is 0. The number of halogens is 3. The average molecular weight is 610 g/mol. The Balaban J connectivity index is 1.95. The van der Waals surface area contributed by atoms with Gasteiger partial charge in [-0.25, -0.2) is 35.5 Å². The Bertz CT molecular complexity index is 1970. The van der Waals surface area contributed by atoms with Crippen LogP contribution in [0.25, 0.3) is 33.4 Å². The first-order chi connectivity index (χ1) is 18.4. The van der Waals surface area contributed by atoms with Crippen LogP contribution in [0.2, 0.25) is 0 Å². The fourth-order valence-corrected chi connectivity index (χ4v) is 6.37. The van der Waals surface area contributed by atoms with Crippen molar-refractivity contribution in [3.8, 4) is 33.4 Å². The topological polar surface area (TPSA) is 154 Å². The lowest BCUT2D eigenvalue weighted by atomic mass is 9.93. The summed E-state index contributed by atoms with van der Waals surface area (Å²) in [4.78, 5) is -1.11. The van der Waals surface area contributed by atoms with Crippen molar-refractivity contribution in [1.82, 2.24) is 0 Å². The van der Waals surface area contributed by atoms with Crippen LogP contribution in [0.4, 0.5) is 13.2 Å². The van der Waals surface area contributed by atoms with Gasteiger partial charge in [0.2, 0.25) is 20.0 Å². The molecule has 0 aromatic heterocycles. The van der Waals surface area contributed by atoms with E-state index in [-0.39, 0.29) is 43.2 Å². The second-order valence-electron chi connectivity index (χ2n) is 8.77. The van der Waals surface area contributed by atoms with Gasteiger partial charge in [-0.05, 0) is 46.5 Å². The molecule has 0 aliphatic rings. The average Bonchev–Trinajstić information content (AvgIpc) is 2.86. The second kappa shape index (κ2) is 10.1.